The van der Waals surface area contributed by atoms with Crippen LogP contribution in [0.15, 0.2) is 133 Å². The number of hydrogen-bond acceptors (Lipinski definition) is 2. The molecule has 0 saturated heterocycles. The average molecular weight is 506 g/mol. The summed E-state index contributed by atoms with van der Waals surface area (Å²) in [5.41, 5.74) is 5.45. The molecule has 2 heteroatoms. The van der Waals surface area contributed by atoms with Crippen LogP contribution in [0, 0.1) is 0 Å². The van der Waals surface area contributed by atoms with Crippen molar-refractivity contribution in [3.63, 3.8) is 0 Å². The van der Waals surface area contributed by atoms with E-state index in [9.17, 15) is 0 Å². The lowest BCUT2D eigenvalue weighted by Crippen LogP contribution is -2.34. The molecular weight excluding hydrogens is 466 g/mol. The van der Waals surface area contributed by atoms with Crippen LogP contribution in [0.5, 0.6) is 0 Å². The molecule has 0 aromatic heterocycles. The second-order valence-corrected chi connectivity index (χ2v) is 11.9. The summed E-state index contributed by atoms with van der Waals surface area (Å²) in [7, 11) is 0. The Morgan fingerprint density at radius 3 is 1.65 bits per heavy atom. The van der Waals surface area contributed by atoms with Gasteiger partial charge in [0, 0.05) is 16.2 Å². The fourth-order valence-electron chi connectivity index (χ4n) is 4.72. The van der Waals surface area contributed by atoms with Crippen molar-refractivity contribution in [2.24, 2.45) is 0 Å². The largest absolute Gasteiger partial charge is 0.303 e. The van der Waals surface area contributed by atoms with Crippen LogP contribution < -0.4 is 5.32 Å². The molecule has 37 heavy (non-hydrogen) atoms. The summed E-state index contributed by atoms with van der Waals surface area (Å²) in [6, 6.07) is 42.0. The second kappa shape index (κ2) is 12.9. The molecule has 0 bridgehead atoms. The summed E-state index contributed by atoms with van der Waals surface area (Å²) < 4.78 is 0. The fourth-order valence-corrected chi connectivity index (χ4v) is 5.96. The molecule has 4 rings (SSSR count). The molecule has 0 amide bonds. The quantitative estimate of drug-likeness (QED) is 0.161. The van der Waals surface area contributed by atoms with Gasteiger partial charge in [-0.1, -0.05) is 130 Å². The van der Waals surface area contributed by atoms with E-state index in [1.807, 2.05) is 11.8 Å². The summed E-state index contributed by atoms with van der Waals surface area (Å²) in [6.45, 7) is 10.9. The van der Waals surface area contributed by atoms with Crippen molar-refractivity contribution in [3.8, 4) is 0 Å². The van der Waals surface area contributed by atoms with Crippen molar-refractivity contribution >= 4 is 11.8 Å². The molecule has 4 aromatic rings. The smallest absolute Gasteiger partial charge is 0.0578 e. The van der Waals surface area contributed by atoms with Crippen LogP contribution in [0.3, 0.4) is 0 Å². The van der Waals surface area contributed by atoms with Gasteiger partial charge in [0.25, 0.3) is 0 Å². The first-order valence-electron chi connectivity index (χ1n) is 13.2. The van der Waals surface area contributed by atoms with E-state index in [1.54, 1.807) is 0 Å². The van der Waals surface area contributed by atoms with E-state index in [0.29, 0.717) is 5.25 Å². The lowest BCUT2D eigenvalue weighted by atomic mass is 9.87. The molecule has 2 unspecified atom stereocenters. The topological polar surface area (TPSA) is 12.0 Å². The first-order chi connectivity index (χ1) is 17.9. The van der Waals surface area contributed by atoms with Gasteiger partial charge in [0.05, 0.1) is 6.04 Å². The van der Waals surface area contributed by atoms with Crippen molar-refractivity contribution in [1.29, 1.82) is 0 Å². The summed E-state index contributed by atoms with van der Waals surface area (Å²) in [6.07, 6.45) is 3.95. The van der Waals surface area contributed by atoms with Crippen LogP contribution in [0.1, 0.15) is 67.2 Å². The zero-order valence-corrected chi connectivity index (χ0v) is 23.1. The molecule has 1 nitrogen and oxygen atoms in total. The Labute approximate surface area is 228 Å². The molecule has 0 aliphatic carbocycles. The molecule has 190 valence electrons. The van der Waals surface area contributed by atoms with Crippen molar-refractivity contribution < 1.29 is 0 Å². The maximum Gasteiger partial charge on any atom is 0.0578 e. The van der Waals surface area contributed by atoms with Gasteiger partial charge in [-0.25, -0.2) is 0 Å². The van der Waals surface area contributed by atoms with Gasteiger partial charge in [0.2, 0.25) is 0 Å². The third-order valence-corrected chi connectivity index (χ3v) is 8.08. The Balaban J connectivity index is 1.61. The number of nitrogens with one attached hydrogen (secondary N) is 1. The van der Waals surface area contributed by atoms with Crippen molar-refractivity contribution in [1.82, 2.24) is 5.32 Å². The van der Waals surface area contributed by atoms with Crippen molar-refractivity contribution in [3.05, 3.63) is 150 Å². The van der Waals surface area contributed by atoms with Gasteiger partial charge in [0.1, 0.15) is 0 Å². The molecule has 4 aromatic carbocycles. The molecule has 0 heterocycles. The van der Waals surface area contributed by atoms with Crippen LogP contribution in [0.4, 0.5) is 0 Å². The molecule has 2 atom stereocenters. The van der Waals surface area contributed by atoms with E-state index in [4.69, 9.17) is 0 Å². The van der Waals surface area contributed by atoms with Crippen LogP contribution in [0.25, 0.3) is 0 Å². The fraction of sp³-hybridized carbons (Fsp3) is 0.257. The second-order valence-electron chi connectivity index (χ2n) is 10.7. The summed E-state index contributed by atoms with van der Waals surface area (Å²) in [5, 5.41) is 4.34. The summed E-state index contributed by atoms with van der Waals surface area (Å²) >= 11 is 1.96. The Hall–Kier alpha value is -3.07. The number of rotatable bonds is 11. The zero-order chi connectivity index (χ0) is 26.1. The highest BCUT2D eigenvalue weighted by atomic mass is 32.2. The van der Waals surface area contributed by atoms with Gasteiger partial charge in [-0.2, -0.15) is 0 Å². The first kappa shape index (κ1) is 27.0. The van der Waals surface area contributed by atoms with E-state index in [2.05, 4.69) is 154 Å². The van der Waals surface area contributed by atoms with E-state index in [0.717, 1.165) is 12.8 Å². The van der Waals surface area contributed by atoms with Gasteiger partial charge < -0.3 is 5.32 Å². The van der Waals surface area contributed by atoms with Gasteiger partial charge in [-0.15, -0.1) is 18.3 Å². The van der Waals surface area contributed by atoms with E-state index in [1.165, 1.54) is 27.1 Å². The Kier molecular flexibility index (Phi) is 9.44. The standard InChI is InChI=1S/C35H39NS/c1-5-15-31(36-34(28-18-11-7-12-19-28)29-20-13-8-14-21-29)26-33(27-16-9-6-10-17-27)37-32-24-22-30(23-25-32)35(2,3)4/h5-14,16-25,31,33-34,36H,1,15,26H2,2-4H3. The zero-order valence-electron chi connectivity index (χ0n) is 22.3. The third kappa shape index (κ3) is 7.71. The lowest BCUT2D eigenvalue weighted by Gasteiger charge is -2.29. The molecule has 0 aliphatic heterocycles. The van der Waals surface area contributed by atoms with E-state index >= 15 is 0 Å². The molecule has 0 fully saturated rings. The lowest BCUT2D eigenvalue weighted by molar-refractivity contribution is 0.444. The Bertz CT molecular complexity index is 1170. The molecule has 1 N–H and O–H groups in total. The molecule has 0 radical (unpaired) electrons. The maximum absolute atomic E-state index is 4.10. The minimum Gasteiger partial charge on any atom is -0.303 e. The minimum atomic E-state index is 0.125. The molecule has 0 aliphatic rings. The monoisotopic (exact) mass is 505 g/mol. The van der Waals surface area contributed by atoms with Crippen LogP contribution in [0.2, 0.25) is 0 Å². The number of thioether (sulfide) groups is 1. The van der Waals surface area contributed by atoms with Crippen LogP contribution in [-0.2, 0) is 5.41 Å². The summed E-state index contributed by atoms with van der Waals surface area (Å²) in [5.74, 6) is 0. The molecule has 0 spiro atoms. The first-order valence-corrected chi connectivity index (χ1v) is 14.1. The Morgan fingerprint density at radius 2 is 1.19 bits per heavy atom. The van der Waals surface area contributed by atoms with Gasteiger partial charge in [-0.3, -0.25) is 0 Å². The normalized spacial score (nSPS) is 13.3. The van der Waals surface area contributed by atoms with E-state index in [-0.39, 0.29) is 17.5 Å². The SMILES string of the molecule is C=CCC(CC(Sc1ccc(C(C)(C)C)cc1)c1ccccc1)NC(c1ccccc1)c1ccccc1. The van der Waals surface area contributed by atoms with Gasteiger partial charge >= 0.3 is 0 Å². The third-order valence-electron chi connectivity index (χ3n) is 6.79. The number of hydrogen-bond donors (Lipinski definition) is 1. The highest BCUT2D eigenvalue weighted by Crippen LogP contribution is 2.40. The van der Waals surface area contributed by atoms with Crippen LogP contribution >= 0.6 is 11.8 Å². The predicted octanol–water partition coefficient (Wildman–Crippen LogP) is 9.53. The van der Waals surface area contributed by atoms with Gasteiger partial charge in [-0.05, 0) is 52.6 Å². The van der Waals surface area contributed by atoms with Crippen molar-refractivity contribution in [2.45, 2.75) is 61.3 Å². The number of benzene rings is 4. The Morgan fingerprint density at radius 1 is 0.703 bits per heavy atom. The average Bonchev–Trinajstić information content (AvgIpc) is 2.92. The predicted molar refractivity (Wildman–Crippen MR) is 161 cm³/mol. The van der Waals surface area contributed by atoms with Crippen LogP contribution in [-0.4, -0.2) is 6.04 Å². The highest BCUT2D eigenvalue weighted by molar-refractivity contribution is 7.99. The minimum absolute atomic E-state index is 0.125. The van der Waals surface area contributed by atoms with Gasteiger partial charge in [0.15, 0.2) is 0 Å². The maximum atomic E-state index is 4.10. The van der Waals surface area contributed by atoms with E-state index < -0.39 is 0 Å². The highest BCUT2D eigenvalue weighted by Gasteiger charge is 2.23. The molecular formula is C35H39NS. The van der Waals surface area contributed by atoms with Crippen molar-refractivity contribution in [2.75, 3.05) is 0 Å². The molecule has 0 saturated carbocycles. The summed E-state index contributed by atoms with van der Waals surface area (Å²) in [4.78, 5) is 1.31.